The van der Waals surface area contributed by atoms with Crippen LogP contribution in [-0.4, -0.2) is 31.3 Å². The SMILES string of the molecule is COC(=O)N1CCOc2ncccc21. The topological polar surface area (TPSA) is 51.7 Å². The molecule has 0 saturated heterocycles. The van der Waals surface area contributed by atoms with Crippen molar-refractivity contribution in [2.24, 2.45) is 0 Å². The van der Waals surface area contributed by atoms with Crippen LogP contribution >= 0.6 is 0 Å². The number of pyridine rings is 1. The molecule has 1 aliphatic rings. The minimum atomic E-state index is -0.387. The van der Waals surface area contributed by atoms with Crippen LogP contribution in [0.25, 0.3) is 0 Å². The number of aromatic nitrogens is 1. The van der Waals surface area contributed by atoms with Gasteiger partial charge in [-0.1, -0.05) is 0 Å². The average molecular weight is 194 g/mol. The second kappa shape index (κ2) is 3.53. The number of ether oxygens (including phenoxy) is 2. The van der Waals surface area contributed by atoms with Gasteiger partial charge in [-0.05, 0) is 12.1 Å². The first-order valence-electron chi connectivity index (χ1n) is 4.26. The van der Waals surface area contributed by atoms with E-state index in [1.807, 2.05) is 0 Å². The average Bonchev–Trinajstić information content (AvgIpc) is 2.27. The van der Waals surface area contributed by atoms with Gasteiger partial charge in [0.25, 0.3) is 0 Å². The van der Waals surface area contributed by atoms with Crippen LogP contribution in [0.1, 0.15) is 0 Å². The normalized spacial score (nSPS) is 14.2. The van der Waals surface area contributed by atoms with E-state index in [0.29, 0.717) is 24.7 Å². The number of anilines is 1. The number of carbonyl (C=O) groups excluding carboxylic acids is 1. The van der Waals surface area contributed by atoms with E-state index in [0.717, 1.165) is 0 Å². The predicted octanol–water partition coefficient (Wildman–Crippen LogP) is 1.05. The van der Waals surface area contributed by atoms with Crippen LogP contribution in [0.15, 0.2) is 18.3 Å². The van der Waals surface area contributed by atoms with Gasteiger partial charge in [0.2, 0.25) is 5.88 Å². The lowest BCUT2D eigenvalue weighted by atomic mass is 10.3. The Morgan fingerprint density at radius 1 is 1.71 bits per heavy atom. The fourth-order valence-electron chi connectivity index (χ4n) is 1.35. The summed E-state index contributed by atoms with van der Waals surface area (Å²) in [5, 5.41) is 0. The standard InChI is InChI=1S/C9H10N2O3/c1-13-9(12)11-5-6-14-8-7(11)3-2-4-10-8/h2-4H,5-6H2,1H3. The molecule has 0 radical (unpaired) electrons. The Hall–Kier alpha value is -1.78. The summed E-state index contributed by atoms with van der Waals surface area (Å²) in [5.74, 6) is 0.476. The number of methoxy groups -OCH3 is 1. The van der Waals surface area contributed by atoms with Crippen molar-refractivity contribution in [2.45, 2.75) is 0 Å². The number of hydrogen-bond acceptors (Lipinski definition) is 4. The van der Waals surface area contributed by atoms with E-state index < -0.39 is 0 Å². The van der Waals surface area contributed by atoms with E-state index in [1.165, 1.54) is 12.0 Å². The Labute approximate surface area is 81.3 Å². The first-order chi connectivity index (χ1) is 6.83. The third-order valence-corrected chi connectivity index (χ3v) is 1.99. The molecule has 0 bridgehead atoms. The van der Waals surface area contributed by atoms with Gasteiger partial charge in [-0.3, -0.25) is 4.90 Å². The molecule has 0 fully saturated rings. The fourth-order valence-corrected chi connectivity index (χ4v) is 1.35. The van der Waals surface area contributed by atoms with Crippen molar-refractivity contribution >= 4 is 11.8 Å². The van der Waals surface area contributed by atoms with E-state index >= 15 is 0 Å². The van der Waals surface area contributed by atoms with Crippen LogP contribution < -0.4 is 9.64 Å². The van der Waals surface area contributed by atoms with Crippen molar-refractivity contribution in [2.75, 3.05) is 25.2 Å². The van der Waals surface area contributed by atoms with Gasteiger partial charge in [0.05, 0.1) is 13.7 Å². The molecule has 0 aliphatic carbocycles. The molecule has 2 heterocycles. The minimum Gasteiger partial charge on any atom is -0.474 e. The summed E-state index contributed by atoms with van der Waals surface area (Å²) >= 11 is 0. The molecule has 5 nitrogen and oxygen atoms in total. The number of carbonyl (C=O) groups is 1. The molecule has 0 atom stereocenters. The highest BCUT2D eigenvalue weighted by Gasteiger charge is 2.24. The molecule has 0 saturated carbocycles. The second-order valence-corrected chi connectivity index (χ2v) is 2.80. The summed E-state index contributed by atoms with van der Waals surface area (Å²) in [5.41, 5.74) is 0.658. The first kappa shape index (κ1) is 8.80. The molecule has 2 rings (SSSR count). The lowest BCUT2D eigenvalue weighted by Crippen LogP contribution is -2.38. The van der Waals surface area contributed by atoms with E-state index in [2.05, 4.69) is 9.72 Å². The molecule has 0 spiro atoms. The molecule has 0 aromatic carbocycles. The highest BCUT2D eigenvalue weighted by atomic mass is 16.5. The van der Waals surface area contributed by atoms with Crippen LogP contribution in [0.2, 0.25) is 0 Å². The van der Waals surface area contributed by atoms with Crippen LogP contribution in [-0.2, 0) is 4.74 Å². The van der Waals surface area contributed by atoms with Crippen LogP contribution in [0, 0.1) is 0 Å². The molecule has 1 amide bonds. The maximum atomic E-state index is 11.3. The maximum absolute atomic E-state index is 11.3. The summed E-state index contributed by atoms with van der Waals surface area (Å²) in [7, 11) is 1.35. The molecule has 0 N–H and O–H groups in total. The van der Waals surface area contributed by atoms with Crippen molar-refractivity contribution in [3.05, 3.63) is 18.3 Å². The zero-order valence-corrected chi connectivity index (χ0v) is 7.77. The van der Waals surface area contributed by atoms with E-state index in [4.69, 9.17) is 4.74 Å². The Morgan fingerprint density at radius 3 is 3.36 bits per heavy atom. The highest BCUT2D eigenvalue weighted by molar-refractivity contribution is 5.89. The third kappa shape index (κ3) is 1.37. The number of fused-ring (bicyclic) bond motifs is 1. The molecule has 5 heteroatoms. The summed E-state index contributed by atoms with van der Waals surface area (Å²) < 4.78 is 9.94. The molecular formula is C9H10N2O3. The third-order valence-electron chi connectivity index (χ3n) is 1.99. The van der Waals surface area contributed by atoms with Crippen LogP contribution in [0.3, 0.4) is 0 Å². The Balaban J connectivity index is 2.35. The fraction of sp³-hybridized carbons (Fsp3) is 0.333. The molecule has 74 valence electrons. The summed E-state index contributed by atoms with van der Waals surface area (Å²) in [4.78, 5) is 16.9. The van der Waals surface area contributed by atoms with Gasteiger partial charge in [0.1, 0.15) is 12.3 Å². The zero-order valence-electron chi connectivity index (χ0n) is 7.77. The van der Waals surface area contributed by atoms with Crippen molar-refractivity contribution < 1.29 is 14.3 Å². The number of rotatable bonds is 0. The largest absolute Gasteiger partial charge is 0.474 e. The lowest BCUT2D eigenvalue weighted by Gasteiger charge is -2.26. The monoisotopic (exact) mass is 194 g/mol. The van der Waals surface area contributed by atoms with Gasteiger partial charge < -0.3 is 9.47 Å². The van der Waals surface area contributed by atoms with Crippen molar-refractivity contribution in [1.29, 1.82) is 0 Å². The predicted molar refractivity (Wildman–Crippen MR) is 49.5 cm³/mol. The Bertz CT molecular complexity index is 354. The number of hydrogen-bond donors (Lipinski definition) is 0. The van der Waals surface area contributed by atoms with Crippen molar-refractivity contribution in [1.82, 2.24) is 4.98 Å². The van der Waals surface area contributed by atoms with E-state index in [1.54, 1.807) is 18.3 Å². The first-order valence-corrected chi connectivity index (χ1v) is 4.26. The van der Waals surface area contributed by atoms with Crippen LogP contribution in [0.5, 0.6) is 5.88 Å². The zero-order chi connectivity index (χ0) is 9.97. The van der Waals surface area contributed by atoms with Crippen molar-refractivity contribution in [3.63, 3.8) is 0 Å². The molecule has 0 unspecified atom stereocenters. The minimum absolute atomic E-state index is 0.387. The summed E-state index contributed by atoms with van der Waals surface area (Å²) in [6, 6.07) is 3.53. The molecule has 1 aliphatic heterocycles. The number of nitrogens with zero attached hydrogens (tertiary/aromatic N) is 2. The van der Waals surface area contributed by atoms with Gasteiger partial charge in [-0.25, -0.2) is 9.78 Å². The smallest absolute Gasteiger partial charge is 0.414 e. The lowest BCUT2D eigenvalue weighted by molar-refractivity contribution is 0.174. The van der Waals surface area contributed by atoms with E-state index in [9.17, 15) is 4.79 Å². The Kier molecular flexibility index (Phi) is 2.22. The van der Waals surface area contributed by atoms with E-state index in [-0.39, 0.29) is 6.09 Å². The molecule has 1 aromatic rings. The molecule has 14 heavy (non-hydrogen) atoms. The summed E-state index contributed by atoms with van der Waals surface area (Å²) in [6.07, 6.45) is 1.24. The van der Waals surface area contributed by atoms with Gasteiger partial charge >= 0.3 is 6.09 Å². The van der Waals surface area contributed by atoms with Crippen molar-refractivity contribution in [3.8, 4) is 5.88 Å². The quantitative estimate of drug-likeness (QED) is 0.619. The number of amides is 1. The van der Waals surface area contributed by atoms with Gasteiger partial charge in [-0.2, -0.15) is 0 Å². The summed E-state index contributed by atoms with van der Waals surface area (Å²) in [6.45, 7) is 0.935. The highest BCUT2D eigenvalue weighted by Crippen LogP contribution is 2.28. The second-order valence-electron chi connectivity index (χ2n) is 2.80. The molecular weight excluding hydrogens is 184 g/mol. The van der Waals surface area contributed by atoms with Gasteiger partial charge in [0, 0.05) is 6.20 Å². The van der Waals surface area contributed by atoms with Gasteiger partial charge in [-0.15, -0.1) is 0 Å². The maximum Gasteiger partial charge on any atom is 0.414 e. The van der Waals surface area contributed by atoms with Gasteiger partial charge in [0.15, 0.2) is 0 Å². The molecule has 1 aromatic heterocycles. The Morgan fingerprint density at radius 2 is 2.57 bits per heavy atom. The van der Waals surface area contributed by atoms with Crippen LogP contribution in [0.4, 0.5) is 10.5 Å².